The molecular weight excluding hydrogens is 324 g/mol. The van der Waals surface area contributed by atoms with Gasteiger partial charge in [0, 0.05) is 15.1 Å². The van der Waals surface area contributed by atoms with Crippen LogP contribution < -0.4 is 0 Å². The van der Waals surface area contributed by atoms with Crippen LogP contribution in [0.25, 0.3) is 0 Å². The number of benzene rings is 2. The topological polar surface area (TPSA) is 20.2 Å². The fourth-order valence-corrected chi connectivity index (χ4v) is 3.27. The Balaban J connectivity index is 1.99. The van der Waals surface area contributed by atoms with Crippen LogP contribution in [0.4, 0.5) is 0 Å². The van der Waals surface area contributed by atoms with E-state index in [4.69, 9.17) is 11.6 Å². The molecule has 1 N–H and O–H groups in total. The van der Waals surface area contributed by atoms with Crippen LogP contribution in [-0.4, -0.2) is 5.11 Å². The number of halogens is 2. The molecule has 1 nitrogen and oxygen atoms in total. The minimum atomic E-state index is -0.670. The molecule has 1 atom stereocenters. The maximum absolute atomic E-state index is 10.5. The Labute approximate surface area is 126 Å². The summed E-state index contributed by atoms with van der Waals surface area (Å²) in [6, 6.07) is 11.8. The van der Waals surface area contributed by atoms with Crippen LogP contribution in [0.3, 0.4) is 0 Å². The van der Waals surface area contributed by atoms with E-state index in [9.17, 15) is 5.11 Å². The van der Waals surface area contributed by atoms with Gasteiger partial charge in [0.05, 0.1) is 0 Å². The molecule has 1 aliphatic carbocycles. The lowest BCUT2D eigenvalue weighted by Crippen LogP contribution is -2.01. The summed E-state index contributed by atoms with van der Waals surface area (Å²) in [5.41, 5.74) is 4.44. The van der Waals surface area contributed by atoms with E-state index in [2.05, 4.69) is 28.1 Å². The Bertz CT molecular complexity index is 624. The van der Waals surface area contributed by atoms with Crippen molar-refractivity contribution in [1.82, 2.24) is 0 Å². The van der Waals surface area contributed by atoms with Crippen LogP contribution in [-0.2, 0) is 12.8 Å². The monoisotopic (exact) mass is 336 g/mol. The van der Waals surface area contributed by atoms with Crippen molar-refractivity contribution in [3.05, 3.63) is 68.1 Å². The Morgan fingerprint density at radius 2 is 1.84 bits per heavy atom. The van der Waals surface area contributed by atoms with Crippen molar-refractivity contribution < 1.29 is 5.11 Å². The van der Waals surface area contributed by atoms with Gasteiger partial charge in [0.25, 0.3) is 0 Å². The Kier molecular flexibility index (Phi) is 3.66. The van der Waals surface area contributed by atoms with Gasteiger partial charge in [0.15, 0.2) is 0 Å². The fourth-order valence-electron chi connectivity index (χ4n) is 2.67. The second-order valence-corrected chi connectivity index (χ2v) is 6.27. The predicted octanol–water partition coefficient (Wildman–Crippen LogP) is 4.67. The van der Waals surface area contributed by atoms with Crippen LogP contribution >= 0.6 is 27.5 Å². The van der Waals surface area contributed by atoms with Gasteiger partial charge < -0.3 is 5.11 Å². The highest BCUT2D eigenvalue weighted by Gasteiger charge is 2.17. The molecule has 3 heteroatoms. The summed E-state index contributed by atoms with van der Waals surface area (Å²) in [7, 11) is 0. The van der Waals surface area contributed by atoms with Gasteiger partial charge in [-0.15, -0.1) is 0 Å². The summed E-state index contributed by atoms with van der Waals surface area (Å²) >= 11 is 9.59. The predicted molar refractivity (Wildman–Crippen MR) is 81.7 cm³/mol. The third-order valence-electron chi connectivity index (χ3n) is 3.69. The molecule has 0 fully saturated rings. The van der Waals surface area contributed by atoms with Crippen LogP contribution in [0, 0.1) is 0 Å². The number of fused-ring (bicyclic) bond motifs is 1. The molecule has 1 unspecified atom stereocenters. The van der Waals surface area contributed by atoms with E-state index in [-0.39, 0.29) is 0 Å². The highest BCUT2D eigenvalue weighted by molar-refractivity contribution is 9.10. The van der Waals surface area contributed by atoms with Crippen molar-refractivity contribution in [3.8, 4) is 0 Å². The Morgan fingerprint density at radius 3 is 2.68 bits per heavy atom. The summed E-state index contributed by atoms with van der Waals surface area (Å²) in [5.74, 6) is 0. The maximum atomic E-state index is 10.5. The Hall–Kier alpha value is -0.830. The molecule has 0 aliphatic heterocycles. The van der Waals surface area contributed by atoms with Gasteiger partial charge >= 0.3 is 0 Å². The van der Waals surface area contributed by atoms with E-state index in [0.717, 1.165) is 28.4 Å². The number of rotatable bonds is 2. The molecule has 0 aromatic heterocycles. The lowest BCUT2D eigenvalue weighted by molar-refractivity contribution is 0.220. The van der Waals surface area contributed by atoms with Crippen molar-refractivity contribution in [2.24, 2.45) is 0 Å². The van der Waals surface area contributed by atoms with Crippen molar-refractivity contribution >= 4 is 27.5 Å². The highest BCUT2D eigenvalue weighted by Crippen LogP contribution is 2.33. The van der Waals surface area contributed by atoms with Crippen molar-refractivity contribution in [1.29, 1.82) is 0 Å². The molecule has 0 spiro atoms. The minimum Gasteiger partial charge on any atom is -0.384 e. The van der Waals surface area contributed by atoms with Gasteiger partial charge in [-0.2, -0.15) is 0 Å². The zero-order valence-electron chi connectivity index (χ0n) is 10.4. The van der Waals surface area contributed by atoms with Crippen LogP contribution in [0.2, 0.25) is 5.02 Å². The number of hydrogen-bond acceptors (Lipinski definition) is 1. The van der Waals surface area contributed by atoms with Gasteiger partial charge in [0.1, 0.15) is 6.10 Å². The molecule has 0 amide bonds. The van der Waals surface area contributed by atoms with Crippen LogP contribution in [0.1, 0.15) is 34.8 Å². The third-order valence-corrected chi connectivity index (χ3v) is 4.53. The smallest absolute Gasteiger partial charge is 0.106 e. The van der Waals surface area contributed by atoms with Gasteiger partial charge in [-0.25, -0.2) is 0 Å². The summed E-state index contributed by atoms with van der Waals surface area (Å²) in [4.78, 5) is 0. The highest BCUT2D eigenvalue weighted by atomic mass is 79.9. The number of aliphatic hydroxyl groups is 1. The number of aliphatic hydroxyl groups excluding tert-OH is 1. The molecule has 2 aromatic carbocycles. The minimum absolute atomic E-state index is 0.594. The normalized spacial score (nSPS) is 15.3. The lowest BCUT2D eigenvalue weighted by Gasteiger charge is -2.15. The molecule has 0 saturated heterocycles. The Morgan fingerprint density at radius 1 is 1.05 bits per heavy atom. The first-order valence-electron chi connectivity index (χ1n) is 6.40. The standard InChI is InChI=1S/C16H14BrClO/c17-13-6-7-15(18)14(9-13)16(19)12-5-4-10-2-1-3-11(10)8-12/h4-9,16,19H,1-3H2. The molecule has 0 saturated carbocycles. The van der Waals surface area contributed by atoms with Gasteiger partial charge in [-0.3, -0.25) is 0 Å². The summed E-state index contributed by atoms with van der Waals surface area (Å²) in [5, 5.41) is 11.1. The molecule has 3 rings (SSSR count). The van der Waals surface area contributed by atoms with Gasteiger partial charge in [-0.1, -0.05) is 45.7 Å². The molecule has 0 bridgehead atoms. The van der Waals surface area contributed by atoms with E-state index >= 15 is 0 Å². The molecular formula is C16H14BrClO. The average Bonchev–Trinajstić information content (AvgIpc) is 2.88. The van der Waals surface area contributed by atoms with E-state index < -0.39 is 6.10 Å². The third kappa shape index (κ3) is 2.58. The van der Waals surface area contributed by atoms with E-state index in [1.807, 2.05) is 18.2 Å². The maximum Gasteiger partial charge on any atom is 0.106 e. The first-order chi connectivity index (χ1) is 9.15. The second kappa shape index (κ2) is 5.28. The summed E-state index contributed by atoms with van der Waals surface area (Å²) in [6.45, 7) is 0. The molecule has 0 heterocycles. The summed E-state index contributed by atoms with van der Waals surface area (Å²) < 4.78 is 0.923. The fraction of sp³-hybridized carbons (Fsp3) is 0.250. The van der Waals surface area contributed by atoms with E-state index in [1.54, 1.807) is 6.07 Å². The van der Waals surface area contributed by atoms with Crippen LogP contribution in [0.5, 0.6) is 0 Å². The molecule has 19 heavy (non-hydrogen) atoms. The molecule has 1 aliphatic rings. The van der Waals surface area contributed by atoms with E-state index in [1.165, 1.54) is 17.5 Å². The lowest BCUT2D eigenvalue weighted by atomic mass is 9.98. The first kappa shape index (κ1) is 13.2. The number of hydrogen-bond donors (Lipinski definition) is 1. The van der Waals surface area contributed by atoms with Crippen LogP contribution in [0.15, 0.2) is 40.9 Å². The molecule has 0 radical (unpaired) electrons. The van der Waals surface area contributed by atoms with Gasteiger partial charge in [-0.05, 0) is 54.2 Å². The van der Waals surface area contributed by atoms with Gasteiger partial charge in [0.2, 0.25) is 0 Å². The molecule has 98 valence electrons. The average molecular weight is 338 g/mol. The van der Waals surface area contributed by atoms with Crippen molar-refractivity contribution in [2.45, 2.75) is 25.4 Å². The first-order valence-corrected chi connectivity index (χ1v) is 7.57. The quantitative estimate of drug-likeness (QED) is 0.844. The van der Waals surface area contributed by atoms with Crippen molar-refractivity contribution in [3.63, 3.8) is 0 Å². The van der Waals surface area contributed by atoms with E-state index in [0.29, 0.717) is 5.02 Å². The summed E-state index contributed by atoms with van der Waals surface area (Å²) in [6.07, 6.45) is 2.81. The molecule has 2 aromatic rings. The SMILES string of the molecule is OC(c1ccc2c(c1)CCC2)c1cc(Br)ccc1Cl. The zero-order valence-corrected chi connectivity index (χ0v) is 12.7. The number of aryl methyl sites for hydroxylation is 2. The largest absolute Gasteiger partial charge is 0.384 e. The zero-order chi connectivity index (χ0) is 13.4. The van der Waals surface area contributed by atoms with Crippen molar-refractivity contribution in [2.75, 3.05) is 0 Å². The second-order valence-electron chi connectivity index (χ2n) is 4.95.